The molecule has 2 N–H and O–H groups in total. The summed E-state index contributed by atoms with van der Waals surface area (Å²) in [5.41, 5.74) is 1.47. The Balaban J connectivity index is 1.80. The summed E-state index contributed by atoms with van der Waals surface area (Å²) in [6.45, 7) is 4.13. The van der Waals surface area contributed by atoms with Crippen LogP contribution in [0.25, 0.3) is 0 Å². The van der Waals surface area contributed by atoms with Crippen molar-refractivity contribution in [2.24, 2.45) is 0 Å². The van der Waals surface area contributed by atoms with E-state index in [4.69, 9.17) is 31.2 Å². The Labute approximate surface area is 171 Å². The lowest BCUT2D eigenvalue weighted by atomic mass is 9.89. The van der Waals surface area contributed by atoms with Gasteiger partial charge in [-0.3, -0.25) is 0 Å². The molecule has 1 heterocycles. The molecule has 0 aromatic heterocycles. The highest BCUT2D eigenvalue weighted by atomic mass is 32.1. The summed E-state index contributed by atoms with van der Waals surface area (Å²) in [6, 6.07) is 11.3. The molecule has 0 aliphatic carbocycles. The van der Waals surface area contributed by atoms with Crippen molar-refractivity contribution in [3.8, 4) is 23.0 Å². The number of thiocarbonyl (C=S) groups is 1. The first-order valence-electron chi connectivity index (χ1n) is 9.01. The predicted octanol–water partition coefficient (Wildman–Crippen LogP) is 4.30. The summed E-state index contributed by atoms with van der Waals surface area (Å²) in [5.74, 6) is 2.98. The van der Waals surface area contributed by atoms with Gasteiger partial charge in [-0.2, -0.15) is 0 Å². The van der Waals surface area contributed by atoms with E-state index in [1.807, 2.05) is 36.4 Å². The third-order valence-electron chi connectivity index (χ3n) is 4.64. The van der Waals surface area contributed by atoms with Crippen LogP contribution in [0.2, 0.25) is 0 Å². The fraction of sp³-hybridized carbons (Fsp3) is 0.381. The topological polar surface area (TPSA) is 61.0 Å². The van der Waals surface area contributed by atoms with E-state index in [1.54, 1.807) is 21.3 Å². The maximum absolute atomic E-state index is 6.12. The van der Waals surface area contributed by atoms with Crippen molar-refractivity contribution in [1.82, 2.24) is 5.32 Å². The van der Waals surface area contributed by atoms with Crippen LogP contribution in [0.3, 0.4) is 0 Å². The van der Waals surface area contributed by atoms with Crippen LogP contribution >= 0.6 is 12.2 Å². The quantitative estimate of drug-likeness (QED) is 0.723. The molecule has 28 heavy (non-hydrogen) atoms. The number of ether oxygens (including phenoxy) is 4. The van der Waals surface area contributed by atoms with Gasteiger partial charge in [0.15, 0.2) is 5.11 Å². The number of benzene rings is 2. The summed E-state index contributed by atoms with van der Waals surface area (Å²) in [7, 11) is 4.88. The summed E-state index contributed by atoms with van der Waals surface area (Å²) >= 11 is 5.57. The van der Waals surface area contributed by atoms with Crippen molar-refractivity contribution < 1.29 is 18.9 Å². The second-order valence-electron chi connectivity index (χ2n) is 7.19. The van der Waals surface area contributed by atoms with Gasteiger partial charge in [0.1, 0.15) is 28.6 Å². The fourth-order valence-corrected chi connectivity index (χ4v) is 3.56. The minimum Gasteiger partial charge on any atom is -0.497 e. The van der Waals surface area contributed by atoms with Crippen LogP contribution in [0.4, 0.5) is 5.69 Å². The molecule has 3 rings (SSSR count). The Hall–Kier alpha value is -2.67. The summed E-state index contributed by atoms with van der Waals surface area (Å²) in [4.78, 5) is 0. The summed E-state index contributed by atoms with van der Waals surface area (Å²) < 4.78 is 22.2. The minimum absolute atomic E-state index is 0.0157. The lowest BCUT2D eigenvalue weighted by Gasteiger charge is -2.38. The average molecular weight is 403 g/mol. The molecule has 0 saturated carbocycles. The Morgan fingerprint density at radius 3 is 2.39 bits per heavy atom. The Kier molecular flexibility index (Phi) is 5.84. The standard InChI is InChI=1S/C21H26N2O4S/c1-21(2)12-17(15-10-13(24-3)7-9-18(15)27-21)23-20(28)22-16-8-6-14(25-4)11-19(16)26-5/h6-11,17H,12H2,1-5H3,(H2,22,23,28)/t17-/m0/s1. The third-order valence-corrected chi connectivity index (χ3v) is 4.86. The monoisotopic (exact) mass is 402 g/mol. The largest absolute Gasteiger partial charge is 0.497 e. The van der Waals surface area contributed by atoms with E-state index in [1.165, 1.54) is 0 Å². The molecular weight excluding hydrogens is 376 g/mol. The van der Waals surface area contributed by atoms with E-state index in [-0.39, 0.29) is 11.6 Å². The molecule has 2 aromatic rings. The number of rotatable bonds is 5. The van der Waals surface area contributed by atoms with Gasteiger partial charge in [-0.1, -0.05) is 0 Å². The first-order chi connectivity index (χ1) is 13.3. The van der Waals surface area contributed by atoms with E-state index in [0.29, 0.717) is 16.6 Å². The van der Waals surface area contributed by atoms with E-state index >= 15 is 0 Å². The Bertz CT molecular complexity index is 869. The zero-order chi connectivity index (χ0) is 20.3. The first-order valence-corrected chi connectivity index (χ1v) is 9.42. The molecule has 1 aliphatic rings. The van der Waals surface area contributed by atoms with Crippen molar-refractivity contribution >= 4 is 23.0 Å². The molecule has 0 bridgehead atoms. The van der Waals surface area contributed by atoms with Crippen LogP contribution in [0.5, 0.6) is 23.0 Å². The Morgan fingerprint density at radius 2 is 1.71 bits per heavy atom. The van der Waals surface area contributed by atoms with Crippen LogP contribution < -0.4 is 29.6 Å². The molecule has 1 atom stereocenters. The van der Waals surface area contributed by atoms with Crippen molar-refractivity contribution in [2.75, 3.05) is 26.6 Å². The second kappa shape index (κ2) is 8.14. The number of hydrogen-bond donors (Lipinski definition) is 2. The zero-order valence-corrected chi connectivity index (χ0v) is 17.6. The molecule has 7 heteroatoms. The minimum atomic E-state index is -0.313. The molecule has 2 aromatic carbocycles. The Morgan fingerprint density at radius 1 is 1.04 bits per heavy atom. The lowest BCUT2D eigenvalue weighted by Crippen LogP contribution is -2.42. The van der Waals surface area contributed by atoms with Crippen LogP contribution in [0, 0.1) is 0 Å². The van der Waals surface area contributed by atoms with E-state index < -0.39 is 0 Å². The number of nitrogens with one attached hydrogen (secondary N) is 2. The zero-order valence-electron chi connectivity index (χ0n) is 16.8. The lowest BCUT2D eigenvalue weighted by molar-refractivity contribution is 0.0695. The van der Waals surface area contributed by atoms with Gasteiger partial charge in [-0.15, -0.1) is 0 Å². The molecule has 0 radical (unpaired) electrons. The van der Waals surface area contributed by atoms with Crippen molar-refractivity contribution in [3.63, 3.8) is 0 Å². The third kappa shape index (κ3) is 4.42. The van der Waals surface area contributed by atoms with E-state index in [2.05, 4.69) is 24.5 Å². The average Bonchev–Trinajstić information content (AvgIpc) is 2.67. The smallest absolute Gasteiger partial charge is 0.171 e. The normalized spacial score (nSPS) is 17.0. The molecule has 0 unspecified atom stereocenters. The second-order valence-corrected chi connectivity index (χ2v) is 7.60. The highest BCUT2D eigenvalue weighted by molar-refractivity contribution is 7.80. The van der Waals surface area contributed by atoms with Gasteiger partial charge in [0.05, 0.1) is 33.1 Å². The van der Waals surface area contributed by atoms with Crippen LogP contribution in [0.15, 0.2) is 36.4 Å². The van der Waals surface area contributed by atoms with Gasteiger partial charge < -0.3 is 29.6 Å². The van der Waals surface area contributed by atoms with Crippen LogP contribution in [0.1, 0.15) is 31.9 Å². The van der Waals surface area contributed by atoms with E-state index in [0.717, 1.165) is 29.2 Å². The number of anilines is 1. The molecule has 6 nitrogen and oxygen atoms in total. The van der Waals surface area contributed by atoms with Gasteiger partial charge >= 0.3 is 0 Å². The molecular formula is C21H26N2O4S. The van der Waals surface area contributed by atoms with Crippen LogP contribution in [-0.4, -0.2) is 32.0 Å². The molecule has 150 valence electrons. The molecule has 1 aliphatic heterocycles. The molecule has 0 saturated heterocycles. The van der Waals surface area contributed by atoms with Gasteiger partial charge in [0.2, 0.25) is 0 Å². The summed E-state index contributed by atoms with van der Waals surface area (Å²) in [6.07, 6.45) is 0.759. The molecule has 0 spiro atoms. The first kappa shape index (κ1) is 20.1. The molecule has 0 fully saturated rings. The van der Waals surface area contributed by atoms with Crippen LogP contribution in [-0.2, 0) is 0 Å². The number of hydrogen-bond acceptors (Lipinski definition) is 5. The van der Waals surface area contributed by atoms with Gasteiger partial charge in [-0.25, -0.2) is 0 Å². The van der Waals surface area contributed by atoms with Gasteiger partial charge in [-0.05, 0) is 56.4 Å². The predicted molar refractivity (Wildman–Crippen MR) is 114 cm³/mol. The highest BCUT2D eigenvalue weighted by Crippen LogP contribution is 2.41. The van der Waals surface area contributed by atoms with Crippen molar-refractivity contribution in [2.45, 2.75) is 31.9 Å². The summed E-state index contributed by atoms with van der Waals surface area (Å²) in [5, 5.41) is 7.12. The van der Waals surface area contributed by atoms with Gasteiger partial charge in [0.25, 0.3) is 0 Å². The van der Waals surface area contributed by atoms with Crippen molar-refractivity contribution in [3.05, 3.63) is 42.0 Å². The SMILES string of the molecule is COc1ccc(NC(=S)N[C@H]2CC(C)(C)Oc3ccc(OC)cc32)c(OC)c1. The maximum atomic E-state index is 6.12. The van der Waals surface area contributed by atoms with Crippen molar-refractivity contribution in [1.29, 1.82) is 0 Å². The number of methoxy groups -OCH3 is 3. The van der Waals surface area contributed by atoms with E-state index in [9.17, 15) is 0 Å². The molecule has 0 amide bonds. The highest BCUT2D eigenvalue weighted by Gasteiger charge is 2.34. The van der Waals surface area contributed by atoms with Gasteiger partial charge in [0, 0.05) is 18.1 Å². The fourth-order valence-electron chi connectivity index (χ4n) is 3.31. The number of fused-ring (bicyclic) bond motifs is 1. The maximum Gasteiger partial charge on any atom is 0.171 e.